The Labute approximate surface area is 125 Å². The number of nitrogens with one attached hydrogen (secondary N) is 3. The van der Waals surface area contributed by atoms with Gasteiger partial charge in [-0.05, 0) is 25.2 Å². The van der Waals surface area contributed by atoms with Crippen molar-refractivity contribution in [3.8, 4) is 0 Å². The van der Waals surface area contributed by atoms with Crippen LogP contribution in [0, 0.1) is 0 Å². The number of carbonyl (C=O) groups is 1. The van der Waals surface area contributed by atoms with E-state index in [9.17, 15) is 4.79 Å². The van der Waals surface area contributed by atoms with Gasteiger partial charge in [0, 0.05) is 39.8 Å². The zero-order valence-corrected chi connectivity index (χ0v) is 12.4. The number of fused-ring (bicyclic) bond motifs is 1. The van der Waals surface area contributed by atoms with Crippen LogP contribution < -0.4 is 15.0 Å². The molecule has 0 radical (unpaired) electrons. The van der Waals surface area contributed by atoms with E-state index in [0.29, 0.717) is 18.1 Å². The van der Waals surface area contributed by atoms with E-state index < -0.39 is 0 Å². The molecule has 0 fully saturated rings. The van der Waals surface area contributed by atoms with Crippen LogP contribution >= 0.6 is 16.1 Å². The summed E-state index contributed by atoms with van der Waals surface area (Å²) >= 11 is 3.15. The second-order valence-electron chi connectivity index (χ2n) is 4.00. The summed E-state index contributed by atoms with van der Waals surface area (Å²) in [7, 11) is 1.82. The number of hydrogen-bond acceptors (Lipinski definition) is 5. The fourth-order valence-electron chi connectivity index (χ4n) is 1.68. The van der Waals surface area contributed by atoms with E-state index in [1.165, 1.54) is 12.4 Å². The van der Waals surface area contributed by atoms with Crippen LogP contribution in [-0.4, -0.2) is 29.5 Å². The highest BCUT2D eigenvalue weighted by Crippen LogP contribution is 2.23. The van der Waals surface area contributed by atoms with Crippen molar-refractivity contribution in [2.24, 2.45) is 0 Å². The fraction of sp³-hybridized carbons (Fsp3) is 0.154. The van der Waals surface area contributed by atoms with Crippen LogP contribution in [0.5, 0.6) is 0 Å². The Balaban J connectivity index is 2.21. The summed E-state index contributed by atoms with van der Waals surface area (Å²) in [5.41, 5.74) is 1.49. The quantitative estimate of drug-likeness (QED) is 0.575. The second-order valence-corrected chi connectivity index (χ2v) is 4.39. The van der Waals surface area contributed by atoms with Gasteiger partial charge in [-0.2, -0.15) is 0 Å². The molecular formula is C13H14BrN5O. The lowest BCUT2D eigenvalue weighted by Gasteiger charge is -2.06. The molecule has 0 bridgehead atoms. The average Bonchev–Trinajstić information content (AvgIpc) is 2.47. The summed E-state index contributed by atoms with van der Waals surface area (Å²) in [6.45, 7) is 0.649. The first-order valence-corrected chi connectivity index (χ1v) is 6.77. The molecular weight excluding hydrogens is 322 g/mol. The Morgan fingerprint density at radius 2 is 2.25 bits per heavy atom. The lowest BCUT2D eigenvalue weighted by molar-refractivity contribution is -0.111. The first-order chi connectivity index (χ1) is 9.74. The van der Waals surface area contributed by atoms with Crippen molar-refractivity contribution >= 4 is 44.5 Å². The Hall–Kier alpha value is -1.99. The number of likely N-dealkylation sites (N-methyl/N-ethyl adjacent to an activating group) is 1. The van der Waals surface area contributed by atoms with Gasteiger partial charge < -0.3 is 15.0 Å². The van der Waals surface area contributed by atoms with Gasteiger partial charge in [-0.3, -0.25) is 4.79 Å². The molecule has 2 rings (SSSR count). The van der Waals surface area contributed by atoms with Crippen LogP contribution in [0.15, 0.2) is 36.7 Å². The second kappa shape index (κ2) is 6.97. The molecule has 3 N–H and O–H groups in total. The third kappa shape index (κ3) is 3.52. The van der Waals surface area contributed by atoms with Crippen LogP contribution in [0.2, 0.25) is 0 Å². The lowest BCUT2D eigenvalue weighted by Crippen LogP contribution is -2.10. The predicted octanol–water partition coefficient (Wildman–Crippen LogP) is 2.07. The molecule has 0 saturated carbocycles. The molecule has 7 heteroatoms. The Kier molecular flexibility index (Phi) is 5.03. The number of carbonyl (C=O) groups excluding carboxylic acids is 1. The van der Waals surface area contributed by atoms with Crippen molar-refractivity contribution < 1.29 is 4.79 Å². The molecule has 6 nitrogen and oxygen atoms in total. The number of benzene rings is 1. The summed E-state index contributed by atoms with van der Waals surface area (Å²) in [5.74, 6) is 0.474. The number of rotatable bonds is 5. The molecule has 1 heterocycles. The standard InChI is InChI=1S/C13H14BrN5O/c1-15-6-2-3-12(20)18-9-4-5-11-10(7-9)13(19-14)17-8-16-11/h2-5,7-8,15H,6H2,1H3,(H,18,20)(H,16,17,19). The minimum absolute atomic E-state index is 0.176. The number of aromatic nitrogens is 2. The maximum absolute atomic E-state index is 11.7. The van der Waals surface area contributed by atoms with Crippen molar-refractivity contribution in [2.75, 3.05) is 23.3 Å². The first kappa shape index (κ1) is 14.4. The van der Waals surface area contributed by atoms with E-state index >= 15 is 0 Å². The van der Waals surface area contributed by atoms with Crippen LogP contribution in [0.25, 0.3) is 10.9 Å². The number of hydrogen-bond donors (Lipinski definition) is 3. The minimum Gasteiger partial charge on any atom is -0.322 e. The van der Waals surface area contributed by atoms with Crippen molar-refractivity contribution in [3.63, 3.8) is 0 Å². The summed E-state index contributed by atoms with van der Waals surface area (Å²) in [6.07, 6.45) is 4.72. The number of amides is 1. The average molecular weight is 336 g/mol. The van der Waals surface area contributed by atoms with E-state index in [-0.39, 0.29) is 5.91 Å². The molecule has 104 valence electrons. The Morgan fingerprint density at radius 3 is 3.00 bits per heavy atom. The molecule has 1 aromatic carbocycles. The predicted molar refractivity (Wildman–Crippen MR) is 83.8 cm³/mol. The number of nitrogens with zero attached hydrogens (tertiary/aromatic N) is 2. The van der Waals surface area contributed by atoms with Gasteiger partial charge in [-0.15, -0.1) is 0 Å². The highest BCUT2D eigenvalue weighted by atomic mass is 79.9. The van der Waals surface area contributed by atoms with E-state index in [0.717, 1.165) is 10.9 Å². The molecule has 0 saturated heterocycles. The van der Waals surface area contributed by atoms with Crippen molar-refractivity contribution in [2.45, 2.75) is 0 Å². The normalized spacial score (nSPS) is 10.9. The molecule has 0 atom stereocenters. The van der Waals surface area contributed by atoms with Crippen LogP contribution in [0.4, 0.5) is 11.5 Å². The van der Waals surface area contributed by atoms with E-state index in [2.05, 4.69) is 41.1 Å². The lowest BCUT2D eigenvalue weighted by atomic mass is 10.2. The van der Waals surface area contributed by atoms with Gasteiger partial charge in [0.2, 0.25) is 5.91 Å². The summed E-state index contributed by atoms with van der Waals surface area (Å²) in [6, 6.07) is 5.46. The smallest absolute Gasteiger partial charge is 0.248 e. The first-order valence-electron chi connectivity index (χ1n) is 5.98. The van der Waals surface area contributed by atoms with E-state index in [1.54, 1.807) is 12.1 Å². The molecule has 2 aromatic rings. The van der Waals surface area contributed by atoms with Crippen LogP contribution in [0.3, 0.4) is 0 Å². The summed E-state index contributed by atoms with van der Waals surface area (Å²) in [5, 5.41) is 6.54. The van der Waals surface area contributed by atoms with Crippen LogP contribution in [0.1, 0.15) is 0 Å². The minimum atomic E-state index is -0.176. The highest BCUT2D eigenvalue weighted by molar-refractivity contribution is 9.10. The van der Waals surface area contributed by atoms with E-state index in [1.807, 2.05) is 19.2 Å². The molecule has 0 spiro atoms. The third-order valence-corrected chi connectivity index (χ3v) is 2.96. The van der Waals surface area contributed by atoms with Crippen molar-refractivity contribution in [3.05, 3.63) is 36.7 Å². The summed E-state index contributed by atoms with van der Waals surface area (Å²) in [4.78, 5) is 20.0. The molecule has 20 heavy (non-hydrogen) atoms. The topological polar surface area (TPSA) is 78.9 Å². The largest absolute Gasteiger partial charge is 0.322 e. The van der Waals surface area contributed by atoms with Gasteiger partial charge in [0.15, 0.2) is 0 Å². The van der Waals surface area contributed by atoms with Gasteiger partial charge in [0.25, 0.3) is 0 Å². The van der Waals surface area contributed by atoms with Gasteiger partial charge >= 0.3 is 0 Å². The maximum Gasteiger partial charge on any atom is 0.248 e. The zero-order valence-electron chi connectivity index (χ0n) is 10.9. The van der Waals surface area contributed by atoms with Crippen LogP contribution in [-0.2, 0) is 4.79 Å². The summed E-state index contributed by atoms with van der Waals surface area (Å²) < 4.78 is 2.82. The van der Waals surface area contributed by atoms with E-state index in [4.69, 9.17) is 0 Å². The monoisotopic (exact) mass is 335 g/mol. The van der Waals surface area contributed by atoms with Crippen molar-refractivity contribution in [1.82, 2.24) is 15.3 Å². The fourth-order valence-corrected chi connectivity index (χ4v) is 1.99. The molecule has 1 amide bonds. The highest BCUT2D eigenvalue weighted by Gasteiger charge is 2.05. The molecule has 0 unspecified atom stereocenters. The number of anilines is 2. The molecule has 1 aromatic heterocycles. The zero-order chi connectivity index (χ0) is 14.4. The van der Waals surface area contributed by atoms with Gasteiger partial charge in [-0.1, -0.05) is 6.08 Å². The SMILES string of the molecule is CNCC=CC(=O)Nc1ccc2ncnc(NBr)c2c1. The molecule has 0 aliphatic heterocycles. The molecule has 0 aliphatic carbocycles. The maximum atomic E-state index is 11.7. The number of halogens is 1. The molecule has 0 aliphatic rings. The van der Waals surface area contributed by atoms with Gasteiger partial charge in [0.1, 0.15) is 12.1 Å². The van der Waals surface area contributed by atoms with Crippen molar-refractivity contribution in [1.29, 1.82) is 0 Å². The Bertz CT molecular complexity index is 644. The Morgan fingerprint density at radius 1 is 1.40 bits per heavy atom. The third-order valence-electron chi connectivity index (χ3n) is 2.58. The van der Waals surface area contributed by atoms with Gasteiger partial charge in [0.05, 0.1) is 5.52 Å². The van der Waals surface area contributed by atoms with Gasteiger partial charge in [-0.25, -0.2) is 9.97 Å².